The maximum atomic E-state index is 13.5. The third-order valence-corrected chi connectivity index (χ3v) is 10.6. The second kappa shape index (κ2) is 13.8. The van der Waals surface area contributed by atoms with Crippen LogP contribution in [0.2, 0.25) is 0 Å². The molecule has 6 atom stereocenters. The molecule has 0 spiro atoms. The number of nitrogens with zero attached hydrogens (tertiary/aromatic N) is 4. The van der Waals surface area contributed by atoms with Crippen LogP contribution < -0.4 is 5.32 Å². The van der Waals surface area contributed by atoms with Crippen LogP contribution in [0, 0.1) is 32.1 Å². The molecule has 0 radical (unpaired) electrons. The standard InChI is InChI=1S/C32H33N5O11S/c1-17(38)28-25-12-26(29(35(25)30(28)40)31(41)47-15-18-2-6-21(7-3-18)36(43)44)49-23-11-24(20-10-27(39)33-13-20)34(14-23)32(42)48-16-19-4-8-22(9-5-19)37(45)46/h2-9,17,20,23-25,28,38H,10-16H2,1H3,(H,33,39)/t17-,20?,23+,24-,25-,28-/m1/s1. The van der Waals surface area contributed by atoms with Crippen LogP contribution in [-0.2, 0) is 37.1 Å². The minimum Gasteiger partial charge on any atom is -0.456 e. The number of fused-ring (bicyclic) bond motifs is 1. The number of nitro benzene ring substituents is 2. The van der Waals surface area contributed by atoms with Crippen molar-refractivity contribution in [1.29, 1.82) is 0 Å². The average Bonchev–Trinajstić information content (AvgIpc) is 3.78. The van der Waals surface area contributed by atoms with Gasteiger partial charge >= 0.3 is 12.1 Å². The van der Waals surface area contributed by atoms with E-state index < -0.39 is 45.9 Å². The first-order chi connectivity index (χ1) is 23.4. The van der Waals surface area contributed by atoms with Crippen LogP contribution >= 0.6 is 11.8 Å². The van der Waals surface area contributed by atoms with E-state index in [2.05, 4.69) is 5.32 Å². The normalized spacial score (nSPS) is 25.1. The molecule has 3 amide bonds. The molecule has 2 aromatic rings. The zero-order chi connectivity index (χ0) is 35.0. The van der Waals surface area contributed by atoms with Gasteiger partial charge in [-0.05, 0) is 48.7 Å². The van der Waals surface area contributed by atoms with E-state index in [1.807, 2.05) is 0 Å². The fourth-order valence-electron chi connectivity index (χ4n) is 6.87. The van der Waals surface area contributed by atoms with E-state index >= 15 is 0 Å². The molecule has 0 saturated carbocycles. The molecule has 258 valence electrons. The summed E-state index contributed by atoms with van der Waals surface area (Å²) in [6, 6.07) is 10.4. The highest BCUT2D eigenvalue weighted by Gasteiger charge is 2.57. The number of nitrogens with one attached hydrogen (secondary N) is 1. The van der Waals surface area contributed by atoms with Crippen LogP contribution in [0.3, 0.4) is 0 Å². The van der Waals surface area contributed by atoms with Gasteiger partial charge in [0.2, 0.25) is 11.8 Å². The Morgan fingerprint density at radius 1 is 0.959 bits per heavy atom. The van der Waals surface area contributed by atoms with E-state index in [0.717, 1.165) is 0 Å². The van der Waals surface area contributed by atoms with E-state index in [-0.39, 0.29) is 66.4 Å². The Bertz CT molecular complexity index is 1710. The summed E-state index contributed by atoms with van der Waals surface area (Å²) in [7, 11) is 0. The average molecular weight is 696 g/mol. The fraction of sp³-hybridized carbons (Fsp3) is 0.438. The Labute approximate surface area is 283 Å². The molecule has 3 fully saturated rings. The first-order valence-corrected chi connectivity index (χ1v) is 16.5. The van der Waals surface area contributed by atoms with Crippen molar-refractivity contribution in [3.8, 4) is 0 Å². The predicted molar refractivity (Wildman–Crippen MR) is 171 cm³/mol. The van der Waals surface area contributed by atoms with E-state index in [1.54, 1.807) is 4.90 Å². The van der Waals surface area contributed by atoms with Crippen molar-refractivity contribution in [3.63, 3.8) is 0 Å². The van der Waals surface area contributed by atoms with Crippen molar-refractivity contribution in [2.24, 2.45) is 11.8 Å². The number of carbonyl (C=O) groups excluding carboxylic acids is 4. The monoisotopic (exact) mass is 695 g/mol. The van der Waals surface area contributed by atoms with Crippen molar-refractivity contribution in [3.05, 3.63) is 90.5 Å². The van der Waals surface area contributed by atoms with Crippen LogP contribution in [0.4, 0.5) is 16.2 Å². The van der Waals surface area contributed by atoms with Crippen molar-refractivity contribution >= 4 is 47.0 Å². The van der Waals surface area contributed by atoms with Gasteiger partial charge in [0, 0.05) is 72.3 Å². The number of thioether (sulfide) groups is 1. The lowest BCUT2D eigenvalue weighted by Crippen LogP contribution is -2.61. The van der Waals surface area contributed by atoms with Gasteiger partial charge in [0.15, 0.2) is 0 Å². The number of likely N-dealkylation sites (tertiary alicyclic amines) is 1. The number of nitro groups is 2. The third-order valence-electron chi connectivity index (χ3n) is 9.31. The summed E-state index contributed by atoms with van der Waals surface area (Å²) >= 11 is 1.35. The zero-order valence-corrected chi connectivity index (χ0v) is 27.1. The summed E-state index contributed by atoms with van der Waals surface area (Å²) in [5, 5.41) is 34.8. The fourth-order valence-corrected chi connectivity index (χ4v) is 8.36. The molecule has 17 heteroatoms. The number of non-ortho nitro benzene ring substituents is 2. The SMILES string of the molecule is C[C@@H](O)[C@H]1C(=O)N2C(C(=O)OCc3ccc([N+](=O)[O-])cc3)=C(S[C@H]3C[C@H](C4CNC(=O)C4)N(C(=O)OCc4ccc([N+](=O)[O-])cc4)C3)C[C@H]12. The maximum absolute atomic E-state index is 13.5. The van der Waals surface area contributed by atoms with Crippen molar-refractivity contribution in [2.45, 2.75) is 62.8 Å². The van der Waals surface area contributed by atoms with Gasteiger partial charge in [-0.1, -0.05) is 0 Å². The highest BCUT2D eigenvalue weighted by molar-refractivity contribution is 8.03. The number of carbonyl (C=O) groups is 4. The van der Waals surface area contributed by atoms with Gasteiger partial charge in [0.1, 0.15) is 18.9 Å². The number of β-lactam (4-membered cyclic amide) rings is 1. The molecular weight excluding hydrogens is 662 g/mol. The Morgan fingerprint density at radius 2 is 1.55 bits per heavy atom. The third kappa shape index (κ3) is 6.94. The molecule has 4 heterocycles. The topological polar surface area (TPSA) is 212 Å². The van der Waals surface area contributed by atoms with Gasteiger partial charge < -0.3 is 29.7 Å². The summed E-state index contributed by atoms with van der Waals surface area (Å²) in [6.07, 6.45) is -0.521. The molecular formula is C32H33N5O11S. The Balaban J connectivity index is 1.18. The summed E-state index contributed by atoms with van der Waals surface area (Å²) in [5.41, 5.74) is 0.958. The Morgan fingerprint density at radius 3 is 2.08 bits per heavy atom. The lowest BCUT2D eigenvalue weighted by atomic mass is 9.83. The zero-order valence-electron chi connectivity index (χ0n) is 26.3. The molecule has 0 bridgehead atoms. The largest absolute Gasteiger partial charge is 0.456 e. The number of esters is 1. The number of hydrogen-bond acceptors (Lipinski definition) is 12. The molecule has 4 aliphatic heterocycles. The summed E-state index contributed by atoms with van der Waals surface area (Å²) in [5.74, 6) is -2.12. The highest BCUT2D eigenvalue weighted by atomic mass is 32.2. The number of amides is 3. The number of aliphatic hydroxyl groups excluding tert-OH is 1. The minimum absolute atomic E-state index is 0.0762. The molecule has 1 unspecified atom stereocenters. The molecule has 0 aliphatic carbocycles. The Kier molecular flexibility index (Phi) is 9.56. The molecule has 49 heavy (non-hydrogen) atoms. The number of benzene rings is 2. The molecule has 6 rings (SSSR count). The van der Waals surface area contributed by atoms with Crippen molar-refractivity contribution in [1.82, 2.24) is 15.1 Å². The maximum Gasteiger partial charge on any atom is 0.410 e. The van der Waals surface area contributed by atoms with Gasteiger partial charge in [-0.3, -0.25) is 29.8 Å². The van der Waals surface area contributed by atoms with Crippen LogP contribution in [0.1, 0.15) is 37.3 Å². The quantitative estimate of drug-likeness (QED) is 0.150. The summed E-state index contributed by atoms with van der Waals surface area (Å²) < 4.78 is 11.2. The first-order valence-electron chi connectivity index (χ1n) is 15.7. The van der Waals surface area contributed by atoms with Crippen LogP contribution in [0.5, 0.6) is 0 Å². The van der Waals surface area contributed by atoms with Gasteiger partial charge in [0.25, 0.3) is 11.4 Å². The molecule has 0 aromatic heterocycles. The van der Waals surface area contributed by atoms with E-state index in [1.165, 1.54) is 72.1 Å². The molecule has 4 aliphatic rings. The lowest BCUT2D eigenvalue weighted by Gasteiger charge is -2.44. The molecule has 2 aromatic carbocycles. The second-order valence-electron chi connectivity index (χ2n) is 12.5. The smallest absolute Gasteiger partial charge is 0.410 e. The van der Waals surface area contributed by atoms with Crippen LogP contribution in [0.15, 0.2) is 59.1 Å². The van der Waals surface area contributed by atoms with Crippen molar-refractivity contribution in [2.75, 3.05) is 13.1 Å². The number of rotatable bonds is 11. The number of aliphatic hydroxyl groups is 1. The van der Waals surface area contributed by atoms with Gasteiger partial charge in [-0.25, -0.2) is 9.59 Å². The second-order valence-corrected chi connectivity index (χ2v) is 13.9. The van der Waals surface area contributed by atoms with Crippen molar-refractivity contribution < 1.29 is 43.6 Å². The van der Waals surface area contributed by atoms with Gasteiger partial charge in [0.05, 0.1) is 27.9 Å². The van der Waals surface area contributed by atoms with Gasteiger partial charge in [-0.15, -0.1) is 11.8 Å². The number of ether oxygens (including phenoxy) is 2. The predicted octanol–water partition coefficient (Wildman–Crippen LogP) is 3.02. The van der Waals surface area contributed by atoms with E-state index in [9.17, 15) is 44.5 Å². The molecule has 3 saturated heterocycles. The van der Waals surface area contributed by atoms with Gasteiger partial charge in [-0.2, -0.15) is 0 Å². The minimum atomic E-state index is -0.931. The summed E-state index contributed by atoms with van der Waals surface area (Å²) in [4.78, 5) is 76.6. The highest BCUT2D eigenvalue weighted by Crippen LogP contribution is 2.50. The number of hydrogen-bond donors (Lipinski definition) is 2. The first kappa shape index (κ1) is 33.9. The van der Waals surface area contributed by atoms with Crippen LogP contribution in [-0.4, -0.2) is 85.2 Å². The molecule has 16 nitrogen and oxygen atoms in total. The lowest BCUT2D eigenvalue weighted by molar-refractivity contribution is -0.385. The summed E-state index contributed by atoms with van der Waals surface area (Å²) in [6.45, 7) is 1.83. The van der Waals surface area contributed by atoms with E-state index in [0.29, 0.717) is 35.4 Å². The Hall–Kier alpha value is -5.03. The van der Waals surface area contributed by atoms with E-state index in [4.69, 9.17) is 9.47 Å². The van der Waals surface area contributed by atoms with Crippen LogP contribution in [0.25, 0.3) is 0 Å². The molecule has 2 N–H and O–H groups in total.